The number of sulfonamides is 1. The van der Waals surface area contributed by atoms with Crippen molar-refractivity contribution in [3.05, 3.63) is 54.1 Å². The van der Waals surface area contributed by atoms with Gasteiger partial charge in [0.1, 0.15) is 12.3 Å². The zero-order valence-corrected chi connectivity index (χ0v) is 17.9. The van der Waals surface area contributed by atoms with Gasteiger partial charge in [0.05, 0.1) is 50.9 Å². The number of carbonyl (C=O) groups is 1. The van der Waals surface area contributed by atoms with Crippen LogP contribution in [0.3, 0.4) is 0 Å². The van der Waals surface area contributed by atoms with Crippen molar-refractivity contribution in [2.24, 2.45) is 0 Å². The number of piperazine rings is 1. The molecule has 8 heteroatoms. The number of carbonyl (C=O) groups excluding carboxylic acids is 1. The van der Waals surface area contributed by atoms with Gasteiger partial charge < -0.3 is 14.5 Å². The first-order chi connectivity index (χ1) is 13.8. The largest absolute Gasteiger partial charge is 0.497 e. The molecule has 1 amide bonds. The quantitative estimate of drug-likeness (QED) is 0.744. The first-order valence-electron chi connectivity index (χ1n) is 9.64. The molecular formula is C21H28N3O4S+. The molecule has 1 aliphatic heterocycles. The summed E-state index contributed by atoms with van der Waals surface area (Å²) in [5.41, 5.74) is 1.37. The Morgan fingerprint density at radius 1 is 1.14 bits per heavy atom. The second-order valence-electron chi connectivity index (χ2n) is 7.36. The molecule has 0 radical (unpaired) electrons. The molecular weight excluding hydrogens is 390 g/mol. The second-order valence-corrected chi connectivity index (χ2v) is 9.23. The average Bonchev–Trinajstić information content (AvgIpc) is 2.72. The van der Waals surface area contributed by atoms with Gasteiger partial charge in [-0.05, 0) is 31.2 Å². The molecule has 0 aromatic heterocycles. The van der Waals surface area contributed by atoms with Gasteiger partial charge >= 0.3 is 0 Å². The minimum Gasteiger partial charge on any atom is -0.497 e. The Morgan fingerprint density at radius 2 is 1.79 bits per heavy atom. The van der Waals surface area contributed by atoms with Crippen molar-refractivity contribution in [3.8, 4) is 5.75 Å². The summed E-state index contributed by atoms with van der Waals surface area (Å²) in [5.74, 6) is 0.332. The van der Waals surface area contributed by atoms with E-state index in [0.29, 0.717) is 24.5 Å². The maximum atomic E-state index is 13.4. The zero-order valence-electron chi connectivity index (χ0n) is 17.1. The van der Waals surface area contributed by atoms with E-state index in [9.17, 15) is 13.2 Å². The molecule has 1 aliphatic rings. The van der Waals surface area contributed by atoms with E-state index in [0.717, 1.165) is 18.7 Å². The number of rotatable bonds is 6. The van der Waals surface area contributed by atoms with E-state index >= 15 is 0 Å². The summed E-state index contributed by atoms with van der Waals surface area (Å²) in [7, 11) is -0.302. The van der Waals surface area contributed by atoms with Crippen molar-refractivity contribution in [3.63, 3.8) is 0 Å². The van der Waals surface area contributed by atoms with Crippen LogP contribution in [-0.2, 0) is 14.8 Å². The topological polar surface area (TPSA) is 71.4 Å². The van der Waals surface area contributed by atoms with Crippen LogP contribution in [0.1, 0.15) is 5.56 Å². The summed E-state index contributed by atoms with van der Waals surface area (Å²) in [6, 6.07) is 13.4. The number of amides is 1. The lowest BCUT2D eigenvalue weighted by Gasteiger charge is -2.32. The summed E-state index contributed by atoms with van der Waals surface area (Å²) in [6.45, 7) is 4.62. The number of ether oxygens (including phenoxy) is 1. The predicted octanol–water partition coefficient (Wildman–Crippen LogP) is 0.556. The maximum absolute atomic E-state index is 13.4. The fraction of sp³-hybridized carbons (Fsp3) is 0.381. The zero-order chi connectivity index (χ0) is 21.0. The fourth-order valence-electron chi connectivity index (χ4n) is 3.28. The Morgan fingerprint density at radius 3 is 2.41 bits per heavy atom. The van der Waals surface area contributed by atoms with E-state index in [4.69, 9.17) is 4.74 Å². The Bertz CT molecular complexity index is 952. The molecule has 7 nitrogen and oxygen atoms in total. The standard InChI is InChI=1S/C21H27N3O4S/c1-17-7-9-20(10-8-17)29(26,27)24(18-5-4-6-19(15-18)28-3)16-21(25)23-13-11-22(2)12-14-23/h4-10,15H,11-14,16H2,1-3H3/p+1. The molecule has 0 atom stereocenters. The van der Waals surface area contributed by atoms with Crippen molar-refractivity contribution >= 4 is 21.6 Å². The summed E-state index contributed by atoms with van der Waals surface area (Å²) in [6.07, 6.45) is 0. The number of likely N-dealkylation sites (N-methyl/N-ethyl adjacent to an activating group) is 1. The predicted molar refractivity (Wildman–Crippen MR) is 112 cm³/mol. The first kappa shape index (κ1) is 21.1. The van der Waals surface area contributed by atoms with Gasteiger partial charge in [0.15, 0.2) is 0 Å². The smallest absolute Gasteiger partial charge is 0.264 e. The molecule has 29 heavy (non-hydrogen) atoms. The number of quaternary nitrogens is 1. The van der Waals surface area contributed by atoms with Gasteiger partial charge in [-0.2, -0.15) is 0 Å². The minimum atomic E-state index is -3.92. The van der Waals surface area contributed by atoms with Crippen LogP contribution in [0.25, 0.3) is 0 Å². The van der Waals surface area contributed by atoms with Gasteiger partial charge in [-0.25, -0.2) is 8.42 Å². The summed E-state index contributed by atoms with van der Waals surface area (Å²) in [4.78, 5) is 16.2. The molecule has 0 aliphatic carbocycles. The summed E-state index contributed by atoms with van der Waals surface area (Å²) in [5, 5.41) is 0. The lowest BCUT2D eigenvalue weighted by atomic mass is 10.2. The first-order valence-corrected chi connectivity index (χ1v) is 11.1. The highest BCUT2D eigenvalue weighted by atomic mass is 32.2. The molecule has 1 heterocycles. The van der Waals surface area contributed by atoms with Crippen LogP contribution in [0, 0.1) is 6.92 Å². The molecule has 0 saturated carbocycles. The third-order valence-corrected chi connectivity index (χ3v) is 6.99. The molecule has 0 bridgehead atoms. The van der Waals surface area contributed by atoms with Crippen molar-refractivity contribution in [2.75, 3.05) is 51.2 Å². The third kappa shape index (κ3) is 4.89. The number of aryl methyl sites for hydroxylation is 1. The van der Waals surface area contributed by atoms with Gasteiger partial charge in [-0.15, -0.1) is 0 Å². The number of hydrogen-bond acceptors (Lipinski definition) is 4. The third-order valence-electron chi connectivity index (χ3n) is 5.20. The SMILES string of the molecule is COc1cccc(N(CC(=O)N2CC[NH+](C)CC2)S(=O)(=O)c2ccc(C)cc2)c1. The molecule has 2 aromatic rings. The van der Waals surface area contributed by atoms with E-state index in [1.165, 1.54) is 16.3 Å². The Labute approximate surface area is 172 Å². The van der Waals surface area contributed by atoms with E-state index in [1.54, 1.807) is 53.4 Å². The van der Waals surface area contributed by atoms with E-state index in [1.807, 2.05) is 6.92 Å². The Balaban J connectivity index is 1.95. The van der Waals surface area contributed by atoms with Crippen LogP contribution in [-0.4, -0.2) is 66.1 Å². The van der Waals surface area contributed by atoms with Gasteiger partial charge in [-0.3, -0.25) is 9.10 Å². The Hall–Kier alpha value is -2.58. The van der Waals surface area contributed by atoms with Crippen molar-refractivity contribution in [1.82, 2.24) is 4.90 Å². The molecule has 3 rings (SSSR count). The fourth-order valence-corrected chi connectivity index (χ4v) is 4.68. The van der Waals surface area contributed by atoms with E-state index in [2.05, 4.69) is 7.05 Å². The molecule has 0 spiro atoms. The number of benzene rings is 2. The van der Waals surface area contributed by atoms with Crippen LogP contribution in [0.4, 0.5) is 5.69 Å². The molecule has 1 fully saturated rings. The highest BCUT2D eigenvalue weighted by Crippen LogP contribution is 2.27. The van der Waals surface area contributed by atoms with Crippen LogP contribution in [0.15, 0.2) is 53.4 Å². The molecule has 1 saturated heterocycles. The Kier molecular flexibility index (Phi) is 6.44. The van der Waals surface area contributed by atoms with Crippen LogP contribution >= 0.6 is 0 Å². The molecule has 0 unspecified atom stereocenters. The number of nitrogens with one attached hydrogen (secondary N) is 1. The summed E-state index contributed by atoms with van der Waals surface area (Å²) >= 11 is 0. The van der Waals surface area contributed by atoms with Crippen LogP contribution in [0.2, 0.25) is 0 Å². The van der Waals surface area contributed by atoms with Gasteiger partial charge in [0, 0.05) is 6.07 Å². The van der Waals surface area contributed by atoms with Gasteiger partial charge in [0.25, 0.3) is 10.0 Å². The number of hydrogen-bond donors (Lipinski definition) is 1. The highest BCUT2D eigenvalue weighted by Gasteiger charge is 2.30. The molecule has 2 aromatic carbocycles. The monoisotopic (exact) mass is 418 g/mol. The molecule has 1 N–H and O–H groups in total. The van der Waals surface area contributed by atoms with E-state index in [-0.39, 0.29) is 17.3 Å². The van der Waals surface area contributed by atoms with Crippen LogP contribution in [0.5, 0.6) is 5.75 Å². The van der Waals surface area contributed by atoms with Gasteiger partial charge in [-0.1, -0.05) is 23.8 Å². The lowest BCUT2D eigenvalue weighted by molar-refractivity contribution is -0.883. The normalized spacial score (nSPS) is 15.2. The molecule has 156 valence electrons. The number of nitrogens with zero attached hydrogens (tertiary/aromatic N) is 2. The maximum Gasteiger partial charge on any atom is 0.264 e. The minimum absolute atomic E-state index is 0.154. The highest BCUT2D eigenvalue weighted by molar-refractivity contribution is 7.92. The van der Waals surface area contributed by atoms with Crippen molar-refractivity contribution in [2.45, 2.75) is 11.8 Å². The average molecular weight is 419 g/mol. The van der Waals surface area contributed by atoms with Crippen LogP contribution < -0.4 is 13.9 Å². The summed E-state index contributed by atoms with van der Waals surface area (Å²) < 4.78 is 33.3. The number of methoxy groups -OCH3 is 1. The van der Waals surface area contributed by atoms with E-state index < -0.39 is 10.0 Å². The second kappa shape index (κ2) is 8.84. The van der Waals surface area contributed by atoms with Crippen molar-refractivity contribution in [1.29, 1.82) is 0 Å². The van der Waals surface area contributed by atoms with Crippen molar-refractivity contribution < 1.29 is 22.8 Å². The number of anilines is 1. The lowest BCUT2D eigenvalue weighted by Crippen LogP contribution is -3.12. The van der Waals surface area contributed by atoms with Gasteiger partial charge in [0.2, 0.25) is 5.91 Å².